The Kier molecular flexibility index (Phi) is 6.02. The van der Waals surface area contributed by atoms with Crippen LogP contribution in [0.25, 0.3) is 0 Å². The number of hydrogen-bond donors (Lipinski definition) is 1. The molecule has 0 saturated carbocycles. The summed E-state index contributed by atoms with van der Waals surface area (Å²) in [4.78, 5) is -0.585. The van der Waals surface area contributed by atoms with Crippen molar-refractivity contribution in [2.24, 2.45) is 0 Å². The third-order valence-electron chi connectivity index (χ3n) is 5.24. The van der Waals surface area contributed by atoms with Crippen molar-refractivity contribution in [3.05, 3.63) is 77.9 Å². The molecule has 1 heterocycles. The summed E-state index contributed by atoms with van der Waals surface area (Å²) in [5.41, 5.74) is 1.20. The fraction of sp³-hybridized carbons (Fsp3) is 0.182. The van der Waals surface area contributed by atoms with Gasteiger partial charge in [-0.25, -0.2) is 25.6 Å². The van der Waals surface area contributed by atoms with Gasteiger partial charge >= 0.3 is 0 Å². The molecule has 0 saturated heterocycles. The summed E-state index contributed by atoms with van der Waals surface area (Å²) in [7, 11) is -6.67. The average molecular weight is 495 g/mol. The lowest BCUT2D eigenvalue weighted by Gasteiger charge is -2.31. The van der Waals surface area contributed by atoms with E-state index in [0.29, 0.717) is 35.9 Å². The molecule has 0 fully saturated rings. The first-order valence-electron chi connectivity index (χ1n) is 9.89. The molecule has 0 radical (unpaired) electrons. The smallest absolute Gasteiger partial charge is 0.264 e. The van der Waals surface area contributed by atoms with Crippen molar-refractivity contribution in [3.63, 3.8) is 0 Å². The van der Waals surface area contributed by atoms with Crippen molar-refractivity contribution in [1.29, 1.82) is 0 Å². The highest BCUT2D eigenvalue weighted by Crippen LogP contribution is 2.34. The molecule has 1 aliphatic heterocycles. The highest BCUT2D eigenvalue weighted by molar-refractivity contribution is 7.93. The molecule has 0 aliphatic carbocycles. The predicted molar refractivity (Wildman–Crippen MR) is 119 cm³/mol. The maximum absolute atomic E-state index is 14.0. The fourth-order valence-corrected chi connectivity index (χ4v) is 6.31. The van der Waals surface area contributed by atoms with Crippen molar-refractivity contribution in [2.45, 2.75) is 22.6 Å². The Bertz CT molecular complexity index is 1410. The van der Waals surface area contributed by atoms with Crippen LogP contribution in [0.5, 0.6) is 5.75 Å². The molecule has 0 atom stereocenters. The number of aryl methyl sites for hydroxylation is 1. The Morgan fingerprint density at radius 3 is 2.33 bits per heavy atom. The molecule has 4 rings (SSSR count). The SMILES string of the molecule is COc1ccc(S(=O)(=O)N2CCCc3cc(NS(=O)(=O)c4ccc(F)cc4F)ccc32)cc1. The van der Waals surface area contributed by atoms with Crippen LogP contribution >= 0.6 is 0 Å². The maximum atomic E-state index is 14.0. The number of benzene rings is 3. The van der Waals surface area contributed by atoms with E-state index >= 15 is 0 Å². The average Bonchev–Trinajstić information content (AvgIpc) is 2.78. The number of halogens is 2. The van der Waals surface area contributed by atoms with Crippen molar-refractivity contribution in [3.8, 4) is 5.75 Å². The number of anilines is 2. The van der Waals surface area contributed by atoms with Crippen LogP contribution < -0.4 is 13.8 Å². The highest BCUT2D eigenvalue weighted by Gasteiger charge is 2.30. The zero-order chi connectivity index (χ0) is 23.8. The van der Waals surface area contributed by atoms with E-state index in [9.17, 15) is 25.6 Å². The number of fused-ring (bicyclic) bond motifs is 1. The fourth-order valence-electron chi connectivity index (χ4n) is 3.65. The topological polar surface area (TPSA) is 92.8 Å². The first kappa shape index (κ1) is 23.0. The number of nitrogens with one attached hydrogen (secondary N) is 1. The van der Waals surface area contributed by atoms with E-state index < -0.39 is 36.6 Å². The Balaban J connectivity index is 1.64. The standard InChI is InChI=1S/C22H20F2N2O5S2/c1-31-18-6-8-19(9-7-18)33(29,30)26-12-2-3-15-13-17(5-10-21(15)26)25-32(27,28)22-11-4-16(23)14-20(22)24/h4-11,13-14,25H,2-3,12H2,1H3. The van der Waals surface area contributed by atoms with E-state index in [1.54, 1.807) is 12.1 Å². The van der Waals surface area contributed by atoms with Gasteiger partial charge in [0.05, 0.1) is 17.7 Å². The third kappa shape index (κ3) is 4.51. The van der Waals surface area contributed by atoms with E-state index in [1.807, 2.05) is 0 Å². The van der Waals surface area contributed by atoms with E-state index in [1.165, 1.54) is 41.7 Å². The van der Waals surface area contributed by atoms with Crippen LogP contribution in [0.2, 0.25) is 0 Å². The monoisotopic (exact) mass is 494 g/mol. The number of nitrogens with zero attached hydrogens (tertiary/aromatic N) is 1. The van der Waals surface area contributed by atoms with Crippen LogP contribution in [0.3, 0.4) is 0 Å². The number of ether oxygens (including phenoxy) is 1. The second-order valence-corrected chi connectivity index (χ2v) is 10.9. The minimum absolute atomic E-state index is 0.104. The van der Waals surface area contributed by atoms with Gasteiger partial charge in [0, 0.05) is 18.3 Å². The minimum Gasteiger partial charge on any atom is -0.497 e. The molecule has 1 aliphatic rings. The first-order chi connectivity index (χ1) is 15.6. The molecule has 0 amide bonds. The quantitative estimate of drug-likeness (QED) is 0.561. The van der Waals surface area contributed by atoms with Gasteiger partial charge in [-0.05, 0) is 73.0 Å². The van der Waals surface area contributed by atoms with Crippen LogP contribution in [0.1, 0.15) is 12.0 Å². The van der Waals surface area contributed by atoms with Gasteiger partial charge in [0.15, 0.2) is 0 Å². The van der Waals surface area contributed by atoms with E-state index in [-0.39, 0.29) is 17.1 Å². The zero-order valence-corrected chi connectivity index (χ0v) is 19.1. The largest absolute Gasteiger partial charge is 0.497 e. The minimum atomic E-state index is -4.31. The van der Waals surface area contributed by atoms with Gasteiger partial charge in [0.2, 0.25) is 0 Å². The molecular formula is C22H20F2N2O5S2. The van der Waals surface area contributed by atoms with Gasteiger partial charge in [-0.3, -0.25) is 9.03 Å². The molecule has 0 aromatic heterocycles. The molecule has 0 spiro atoms. The Morgan fingerprint density at radius 1 is 0.939 bits per heavy atom. The lowest BCUT2D eigenvalue weighted by molar-refractivity contribution is 0.414. The normalized spacial score (nSPS) is 14.0. The van der Waals surface area contributed by atoms with Crippen molar-refractivity contribution in [2.75, 3.05) is 22.7 Å². The molecule has 3 aromatic carbocycles. The van der Waals surface area contributed by atoms with Crippen molar-refractivity contribution in [1.82, 2.24) is 0 Å². The first-order valence-corrected chi connectivity index (χ1v) is 12.8. The molecule has 11 heteroatoms. The van der Waals surface area contributed by atoms with Crippen LogP contribution in [0.4, 0.5) is 20.2 Å². The maximum Gasteiger partial charge on any atom is 0.264 e. The lowest BCUT2D eigenvalue weighted by atomic mass is 10.0. The molecule has 0 bridgehead atoms. The lowest BCUT2D eigenvalue weighted by Crippen LogP contribution is -2.35. The molecule has 0 unspecified atom stereocenters. The van der Waals surface area contributed by atoms with E-state index in [0.717, 1.165) is 12.1 Å². The predicted octanol–water partition coefficient (Wildman–Crippen LogP) is 3.92. The molecule has 7 nitrogen and oxygen atoms in total. The van der Waals surface area contributed by atoms with Crippen LogP contribution in [-0.2, 0) is 26.5 Å². The summed E-state index contributed by atoms with van der Waals surface area (Å²) < 4.78 is 87.3. The summed E-state index contributed by atoms with van der Waals surface area (Å²) in [6, 6.07) is 12.7. The van der Waals surface area contributed by atoms with Crippen LogP contribution in [0.15, 0.2) is 70.5 Å². The summed E-state index contributed by atoms with van der Waals surface area (Å²) >= 11 is 0. The second-order valence-electron chi connectivity index (χ2n) is 7.38. The summed E-state index contributed by atoms with van der Waals surface area (Å²) in [5, 5.41) is 0. The molecular weight excluding hydrogens is 474 g/mol. The van der Waals surface area contributed by atoms with Gasteiger partial charge in [-0.2, -0.15) is 0 Å². The highest BCUT2D eigenvalue weighted by atomic mass is 32.2. The van der Waals surface area contributed by atoms with Gasteiger partial charge in [0.1, 0.15) is 22.3 Å². The van der Waals surface area contributed by atoms with Crippen LogP contribution in [-0.4, -0.2) is 30.5 Å². The van der Waals surface area contributed by atoms with Crippen LogP contribution in [0, 0.1) is 11.6 Å². The van der Waals surface area contributed by atoms with Gasteiger partial charge in [-0.1, -0.05) is 0 Å². The van der Waals surface area contributed by atoms with Gasteiger partial charge < -0.3 is 4.74 Å². The number of hydrogen-bond acceptors (Lipinski definition) is 5. The molecule has 1 N–H and O–H groups in total. The summed E-state index contributed by atoms with van der Waals surface area (Å²) in [6.07, 6.45) is 1.07. The molecule has 3 aromatic rings. The Hall–Kier alpha value is -3.18. The number of methoxy groups -OCH3 is 1. The third-order valence-corrected chi connectivity index (χ3v) is 8.48. The number of rotatable bonds is 6. The number of sulfonamides is 2. The second kappa shape index (κ2) is 8.64. The van der Waals surface area contributed by atoms with Crippen molar-refractivity contribution < 1.29 is 30.4 Å². The Labute approximate surface area is 190 Å². The summed E-state index contributed by atoms with van der Waals surface area (Å²) in [6.45, 7) is 0.271. The molecule has 174 valence electrons. The summed E-state index contributed by atoms with van der Waals surface area (Å²) in [5.74, 6) is -1.57. The van der Waals surface area contributed by atoms with E-state index in [2.05, 4.69) is 4.72 Å². The van der Waals surface area contributed by atoms with Crippen molar-refractivity contribution >= 4 is 31.4 Å². The van der Waals surface area contributed by atoms with Gasteiger partial charge in [-0.15, -0.1) is 0 Å². The molecule has 33 heavy (non-hydrogen) atoms. The van der Waals surface area contributed by atoms with Gasteiger partial charge in [0.25, 0.3) is 20.0 Å². The van der Waals surface area contributed by atoms with E-state index in [4.69, 9.17) is 4.74 Å². The Morgan fingerprint density at radius 2 is 1.67 bits per heavy atom. The zero-order valence-electron chi connectivity index (χ0n) is 17.5.